The summed E-state index contributed by atoms with van der Waals surface area (Å²) in [5.74, 6) is 1.71. The number of hydrogen-bond acceptors (Lipinski definition) is 3. The van der Waals surface area contributed by atoms with Crippen LogP contribution in [0.2, 0.25) is 0 Å². The zero-order valence-electron chi connectivity index (χ0n) is 5.88. The van der Waals surface area contributed by atoms with Gasteiger partial charge < -0.3 is 4.74 Å². The van der Waals surface area contributed by atoms with E-state index in [0.29, 0.717) is 0 Å². The summed E-state index contributed by atoms with van der Waals surface area (Å²) >= 11 is 1.36. The van der Waals surface area contributed by atoms with Crippen LogP contribution in [0.4, 0.5) is 0 Å². The smallest absolute Gasteiger partial charge is 0.133 e. The summed E-state index contributed by atoms with van der Waals surface area (Å²) in [6, 6.07) is 0. The minimum atomic E-state index is 0.721. The van der Waals surface area contributed by atoms with Crippen LogP contribution in [0.25, 0.3) is 0 Å². The molecule has 1 saturated heterocycles. The minimum absolute atomic E-state index is 0.721. The molecule has 0 aromatic heterocycles. The van der Waals surface area contributed by atoms with Gasteiger partial charge in [-0.2, -0.15) is 5.26 Å². The van der Waals surface area contributed by atoms with Crippen molar-refractivity contribution in [2.24, 2.45) is 5.92 Å². The van der Waals surface area contributed by atoms with E-state index in [2.05, 4.69) is 5.40 Å². The summed E-state index contributed by atoms with van der Waals surface area (Å²) in [5.41, 5.74) is 0. The van der Waals surface area contributed by atoms with E-state index in [9.17, 15) is 0 Å². The molecule has 2 nitrogen and oxygen atoms in total. The molecule has 0 aromatic carbocycles. The SMILES string of the molecule is N#CSCC1CCOCC1. The van der Waals surface area contributed by atoms with E-state index in [0.717, 1.165) is 37.7 Å². The van der Waals surface area contributed by atoms with Crippen molar-refractivity contribution in [1.82, 2.24) is 0 Å². The molecule has 0 radical (unpaired) electrons. The molecule has 0 bridgehead atoms. The highest BCUT2D eigenvalue weighted by molar-refractivity contribution is 8.03. The highest BCUT2D eigenvalue weighted by Crippen LogP contribution is 2.18. The third kappa shape index (κ3) is 2.59. The van der Waals surface area contributed by atoms with Crippen molar-refractivity contribution in [3.63, 3.8) is 0 Å². The van der Waals surface area contributed by atoms with Crippen LogP contribution >= 0.6 is 11.8 Å². The van der Waals surface area contributed by atoms with E-state index in [-0.39, 0.29) is 0 Å². The molecule has 1 fully saturated rings. The Morgan fingerprint density at radius 3 is 2.80 bits per heavy atom. The molecule has 0 atom stereocenters. The molecule has 10 heavy (non-hydrogen) atoms. The van der Waals surface area contributed by atoms with Crippen molar-refractivity contribution in [2.75, 3.05) is 19.0 Å². The van der Waals surface area contributed by atoms with Crippen LogP contribution in [0.5, 0.6) is 0 Å². The fourth-order valence-corrected chi connectivity index (χ4v) is 1.71. The summed E-state index contributed by atoms with van der Waals surface area (Å²) in [6.45, 7) is 1.77. The molecule has 1 aliphatic rings. The van der Waals surface area contributed by atoms with Gasteiger partial charge in [0, 0.05) is 19.0 Å². The monoisotopic (exact) mass is 157 g/mol. The Balaban J connectivity index is 2.09. The summed E-state index contributed by atoms with van der Waals surface area (Å²) in [6.07, 6.45) is 2.27. The average Bonchev–Trinajstić information content (AvgIpc) is 2.03. The number of thioether (sulfide) groups is 1. The average molecular weight is 157 g/mol. The van der Waals surface area contributed by atoms with E-state index in [1.54, 1.807) is 0 Å². The number of nitriles is 1. The van der Waals surface area contributed by atoms with E-state index < -0.39 is 0 Å². The summed E-state index contributed by atoms with van der Waals surface area (Å²) < 4.78 is 5.19. The lowest BCUT2D eigenvalue weighted by Gasteiger charge is -2.19. The van der Waals surface area contributed by atoms with Gasteiger partial charge >= 0.3 is 0 Å². The minimum Gasteiger partial charge on any atom is -0.381 e. The fourth-order valence-electron chi connectivity index (χ4n) is 1.07. The zero-order valence-corrected chi connectivity index (χ0v) is 6.69. The van der Waals surface area contributed by atoms with Crippen LogP contribution in [-0.4, -0.2) is 19.0 Å². The third-order valence-electron chi connectivity index (χ3n) is 1.72. The summed E-state index contributed by atoms with van der Waals surface area (Å²) in [5, 5.41) is 10.4. The molecule has 0 amide bonds. The van der Waals surface area contributed by atoms with Crippen LogP contribution in [0.15, 0.2) is 0 Å². The first-order valence-electron chi connectivity index (χ1n) is 3.52. The predicted molar refractivity (Wildman–Crippen MR) is 41.6 cm³/mol. The number of rotatable bonds is 2. The Labute approximate surface area is 65.6 Å². The van der Waals surface area contributed by atoms with Gasteiger partial charge in [0.05, 0.1) is 0 Å². The zero-order chi connectivity index (χ0) is 7.23. The molecular weight excluding hydrogens is 146 g/mol. The van der Waals surface area contributed by atoms with Crippen LogP contribution in [0.3, 0.4) is 0 Å². The van der Waals surface area contributed by atoms with Crippen LogP contribution in [0, 0.1) is 16.6 Å². The molecule has 0 spiro atoms. The first-order chi connectivity index (χ1) is 4.93. The highest BCUT2D eigenvalue weighted by atomic mass is 32.2. The maximum atomic E-state index is 8.28. The fraction of sp³-hybridized carbons (Fsp3) is 0.857. The Kier molecular flexibility index (Phi) is 3.63. The van der Waals surface area contributed by atoms with Crippen molar-refractivity contribution in [3.05, 3.63) is 0 Å². The number of ether oxygens (including phenoxy) is 1. The van der Waals surface area contributed by atoms with Crippen LogP contribution in [0.1, 0.15) is 12.8 Å². The third-order valence-corrected chi connectivity index (χ3v) is 2.49. The maximum absolute atomic E-state index is 8.28. The molecule has 0 aliphatic carbocycles. The standard InChI is InChI=1S/C7H11NOS/c8-6-10-5-7-1-3-9-4-2-7/h7H,1-5H2. The Morgan fingerprint density at radius 1 is 1.50 bits per heavy atom. The van der Waals surface area contributed by atoms with Gasteiger partial charge in [0.15, 0.2) is 0 Å². The first kappa shape index (κ1) is 7.90. The van der Waals surface area contributed by atoms with Crippen molar-refractivity contribution in [1.29, 1.82) is 5.26 Å². The molecule has 0 saturated carbocycles. The van der Waals surface area contributed by atoms with Crippen molar-refractivity contribution < 1.29 is 4.74 Å². The van der Waals surface area contributed by atoms with Crippen molar-refractivity contribution in [3.8, 4) is 5.40 Å². The van der Waals surface area contributed by atoms with E-state index >= 15 is 0 Å². The normalized spacial score (nSPS) is 20.3. The molecule has 1 rings (SSSR count). The maximum Gasteiger partial charge on any atom is 0.133 e. The Morgan fingerprint density at radius 2 is 2.20 bits per heavy atom. The topological polar surface area (TPSA) is 33.0 Å². The van der Waals surface area contributed by atoms with Gasteiger partial charge in [0.25, 0.3) is 0 Å². The highest BCUT2D eigenvalue weighted by Gasteiger charge is 2.12. The Hall–Kier alpha value is -0.200. The molecule has 1 aliphatic heterocycles. The molecule has 56 valence electrons. The van der Waals surface area contributed by atoms with Crippen molar-refractivity contribution >= 4 is 11.8 Å². The molecular formula is C7H11NOS. The van der Waals surface area contributed by atoms with Gasteiger partial charge in [-0.05, 0) is 30.5 Å². The lowest BCUT2D eigenvalue weighted by molar-refractivity contribution is 0.0728. The second-order valence-corrected chi connectivity index (χ2v) is 3.26. The molecule has 0 unspecified atom stereocenters. The first-order valence-corrected chi connectivity index (χ1v) is 4.50. The predicted octanol–water partition coefficient (Wildman–Crippen LogP) is 1.63. The molecule has 0 N–H and O–H groups in total. The summed E-state index contributed by atoms with van der Waals surface area (Å²) in [4.78, 5) is 0. The molecule has 0 aromatic rings. The van der Waals surface area contributed by atoms with Gasteiger partial charge in [-0.15, -0.1) is 0 Å². The lowest BCUT2D eigenvalue weighted by atomic mass is 10.0. The van der Waals surface area contributed by atoms with E-state index in [1.165, 1.54) is 11.8 Å². The van der Waals surface area contributed by atoms with Crippen LogP contribution < -0.4 is 0 Å². The van der Waals surface area contributed by atoms with E-state index in [4.69, 9.17) is 10.00 Å². The van der Waals surface area contributed by atoms with Crippen molar-refractivity contribution in [2.45, 2.75) is 12.8 Å². The van der Waals surface area contributed by atoms with E-state index in [1.807, 2.05) is 0 Å². The second-order valence-electron chi connectivity index (χ2n) is 2.46. The summed E-state index contributed by atoms with van der Waals surface area (Å²) in [7, 11) is 0. The van der Waals surface area contributed by atoms with Gasteiger partial charge in [-0.3, -0.25) is 0 Å². The quantitative estimate of drug-likeness (QED) is 0.571. The number of hydrogen-bond donors (Lipinski definition) is 0. The number of nitrogens with zero attached hydrogens (tertiary/aromatic N) is 1. The lowest BCUT2D eigenvalue weighted by Crippen LogP contribution is -2.17. The number of thiocyanates is 1. The van der Waals surface area contributed by atoms with Gasteiger partial charge in [-0.1, -0.05) is 0 Å². The largest absolute Gasteiger partial charge is 0.381 e. The van der Waals surface area contributed by atoms with Crippen LogP contribution in [-0.2, 0) is 4.74 Å². The second kappa shape index (κ2) is 4.59. The van der Waals surface area contributed by atoms with Gasteiger partial charge in [0.2, 0.25) is 0 Å². The Bertz CT molecular complexity index is 126. The van der Waals surface area contributed by atoms with Gasteiger partial charge in [-0.25, -0.2) is 0 Å². The molecule has 3 heteroatoms. The molecule has 1 heterocycles. The van der Waals surface area contributed by atoms with Gasteiger partial charge in [0.1, 0.15) is 5.40 Å².